The summed E-state index contributed by atoms with van der Waals surface area (Å²) in [5.41, 5.74) is 1.48. The standard InChI is InChI=1S/C17H21NO3/c1-11(2)20-17(19)14-6-8-15(9-7-14)18-13(4)16-10-5-12(3)21-16/h5-11,13,18H,1-4H3. The summed E-state index contributed by atoms with van der Waals surface area (Å²) in [7, 11) is 0. The van der Waals surface area contributed by atoms with Crippen molar-refractivity contribution in [1.82, 2.24) is 0 Å². The van der Waals surface area contributed by atoms with E-state index < -0.39 is 0 Å². The van der Waals surface area contributed by atoms with Gasteiger partial charge in [0.15, 0.2) is 0 Å². The highest BCUT2D eigenvalue weighted by molar-refractivity contribution is 5.89. The maximum Gasteiger partial charge on any atom is 0.338 e. The van der Waals surface area contributed by atoms with Gasteiger partial charge in [0.05, 0.1) is 17.7 Å². The lowest BCUT2D eigenvalue weighted by Crippen LogP contribution is -2.11. The van der Waals surface area contributed by atoms with Crippen molar-refractivity contribution in [3.63, 3.8) is 0 Å². The molecule has 2 rings (SSSR count). The summed E-state index contributed by atoms with van der Waals surface area (Å²) in [6, 6.07) is 11.2. The smallest absolute Gasteiger partial charge is 0.338 e. The molecular formula is C17H21NO3. The van der Waals surface area contributed by atoms with Crippen molar-refractivity contribution >= 4 is 11.7 Å². The Bertz CT molecular complexity index is 599. The van der Waals surface area contributed by atoms with Gasteiger partial charge in [0.2, 0.25) is 0 Å². The van der Waals surface area contributed by atoms with E-state index in [1.807, 2.05) is 52.0 Å². The monoisotopic (exact) mass is 287 g/mol. The molecule has 0 aliphatic rings. The molecule has 0 amide bonds. The molecule has 112 valence electrons. The number of furan rings is 1. The van der Waals surface area contributed by atoms with Gasteiger partial charge in [-0.2, -0.15) is 0 Å². The Morgan fingerprint density at radius 3 is 2.29 bits per heavy atom. The fourth-order valence-corrected chi connectivity index (χ4v) is 1.99. The van der Waals surface area contributed by atoms with E-state index in [9.17, 15) is 4.79 Å². The van der Waals surface area contributed by atoms with Crippen LogP contribution in [0.25, 0.3) is 0 Å². The quantitative estimate of drug-likeness (QED) is 0.832. The van der Waals surface area contributed by atoms with Gasteiger partial charge < -0.3 is 14.5 Å². The predicted octanol–water partition coefficient (Wildman–Crippen LogP) is 4.33. The summed E-state index contributed by atoms with van der Waals surface area (Å²) < 4.78 is 10.7. The molecule has 0 spiro atoms. The number of anilines is 1. The second kappa shape index (κ2) is 6.48. The van der Waals surface area contributed by atoms with Crippen molar-refractivity contribution in [2.75, 3.05) is 5.32 Å². The van der Waals surface area contributed by atoms with E-state index in [2.05, 4.69) is 5.32 Å². The minimum Gasteiger partial charge on any atom is -0.464 e. The van der Waals surface area contributed by atoms with Gasteiger partial charge in [0, 0.05) is 5.69 Å². The van der Waals surface area contributed by atoms with Crippen LogP contribution in [-0.4, -0.2) is 12.1 Å². The number of carbonyl (C=O) groups is 1. The summed E-state index contributed by atoms with van der Waals surface area (Å²) in [5.74, 6) is 1.48. The van der Waals surface area contributed by atoms with Crippen LogP contribution in [0.2, 0.25) is 0 Å². The average Bonchev–Trinajstić information content (AvgIpc) is 2.85. The first-order valence-corrected chi connectivity index (χ1v) is 7.09. The molecule has 0 aliphatic carbocycles. The summed E-state index contributed by atoms with van der Waals surface area (Å²) in [6.45, 7) is 7.62. The van der Waals surface area contributed by atoms with Crippen molar-refractivity contribution in [2.45, 2.75) is 39.8 Å². The van der Waals surface area contributed by atoms with Crippen LogP contribution in [0, 0.1) is 6.92 Å². The second-order valence-electron chi connectivity index (χ2n) is 5.35. The second-order valence-corrected chi connectivity index (χ2v) is 5.35. The number of ether oxygens (including phenoxy) is 1. The van der Waals surface area contributed by atoms with Crippen molar-refractivity contribution < 1.29 is 13.9 Å². The number of esters is 1. The van der Waals surface area contributed by atoms with Crippen molar-refractivity contribution in [2.24, 2.45) is 0 Å². The molecule has 0 saturated heterocycles. The third-order valence-electron chi connectivity index (χ3n) is 3.03. The highest BCUT2D eigenvalue weighted by atomic mass is 16.5. The summed E-state index contributed by atoms with van der Waals surface area (Å²) in [5, 5.41) is 3.33. The van der Waals surface area contributed by atoms with Crippen molar-refractivity contribution in [1.29, 1.82) is 0 Å². The first-order valence-electron chi connectivity index (χ1n) is 7.09. The minimum atomic E-state index is -0.300. The Kier molecular flexibility index (Phi) is 4.68. The molecule has 1 heterocycles. The predicted molar refractivity (Wildman–Crippen MR) is 82.5 cm³/mol. The lowest BCUT2D eigenvalue weighted by atomic mass is 10.2. The fraction of sp³-hybridized carbons (Fsp3) is 0.353. The van der Waals surface area contributed by atoms with E-state index in [1.165, 1.54) is 0 Å². The lowest BCUT2D eigenvalue weighted by Gasteiger charge is -2.13. The van der Waals surface area contributed by atoms with Crippen LogP contribution in [0.5, 0.6) is 0 Å². The number of hydrogen-bond donors (Lipinski definition) is 1. The number of benzene rings is 1. The van der Waals surface area contributed by atoms with Gasteiger partial charge in [-0.3, -0.25) is 0 Å². The SMILES string of the molecule is Cc1ccc(C(C)Nc2ccc(C(=O)OC(C)C)cc2)o1. The lowest BCUT2D eigenvalue weighted by molar-refractivity contribution is 0.0378. The van der Waals surface area contributed by atoms with E-state index in [0.29, 0.717) is 5.56 Å². The Morgan fingerprint density at radius 2 is 1.76 bits per heavy atom. The summed E-state index contributed by atoms with van der Waals surface area (Å²) in [4.78, 5) is 11.8. The largest absolute Gasteiger partial charge is 0.464 e. The van der Waals surface area contributed by atoms with Gasteiger partial charge in [-0.1, -0.05) is 0 Å². The summed E-state index contributed by atoms with van der Waals surface area (Å²) in [6.07, 6.45) is -0.113. The third kappa shape index (κ3) is 4.12. The molecule has 1 atom stereocenters. The van der Waals surface area contributed by atoms with Crippen LogP contribution in [0.3, 0.4) is 0 Å². The molecule has 2 aromatic rings. The van der Waals surface area contributed by atoms with Gasteiger partial charge in [-0.15, -0.1) is 0 Å². The number of nitrogens with one attached hydrogen (secondary N) is 1. The molecule has 0 fully saturated rings. The number of carbonyl (C=O) groups excluding carboxylic acids is 1. The highest BCUT2D eigenvalue weighted by Crippen LogP contribution is 2.21. The molecule has 1 aromatic heterocycles. The Morgan fingerprint density at radius 1 is 1.10 bits per heavy atom. The van der Waals surface area contributed by atoms with Gasteiger partial charge in [-0.25, -0.2) is 4.79 Å². The van der Waals surface area contributed by atoms with Gasteiger partial charge in [0.1, 0.15) is 11.5 Å². The number of rotatable bonds is 5. The molecular weight excluding hydrogens is 266 g/mol. The fourth-order valence-electron chi connectivity index (χ4n) is 1.99. The molecule has 0 saturated carbocycles. The van der Waals surface area contributed by atoms with Crippen LogP contribution in [0.15, 0.2) is 40.8 Å². The average molecular weight is 287 g/mol. The Hall–Kier alpha value is -2.23. The van der Waals surface area contributed by atoms with Crippen LogP contribution >= 0.6 is 0 Å². The molecule has 1 aromatic carbocycles. The van der Waals surface area contributed by atoms with Crippen molar-refractivity contribution in [3.05, 3.63) is 53.5 Å². The maximum absolute atomic E-state index is 11.8. The van der Waals surface area contributed by atoms with E-state index in [1.54, 1.807) is 12.1 Å². The number of aryl methyl sites for hydroxylation is 1. The Balaban J connectivity index is 2.00. The zero-order valence-electron chi connectivity index (χ0n) is 12.8. The molecule has 0 aliphatic heterocycles. The van der Waals surface area contributed by atoms with Crippen LogP contribution in [-0.2, 0) is 4.74 Å². The highest BCUT2D eigenvalue weighted by Gasteiger charge is 2.11. The van der Waals surface area contributed by atoms with Gasteiger partial charge in [-0.05, 0) is 64.1 Å². The topological polar surface area (TPSA) is 51.5 Å². The normalized spacial score (nSPS) is 12.2. The Labute approximate surface area is 125 Å². The zero-order chi connectivity index (χ0) is 15.4. The molecule has 0 bridgehead atoms. The van der Waals surface area contributed by atoms with E-state index in [0.717, 1.165) is 17.2 Å². The van der Waals surface area contributed by atoms with E-state index in [4.69, 9.17) is 9.15 Å². The van der Waals surface area contributed by atoms with Gasteiger partial charge >= 0.3 is 5.97 Å². The maximum atomic E-state index is 11.8. The third-order valence-corrected chi connectivity index (χ3v) is 3.03. The molecule has 4 heteroatoms. The van der Waals surface area contributed by atoms with Crippen LogP contribution < -0.4 is 5.32 Å². The first kappa shape index (κ1) is 15.2. The molecule has 4 nitrogen and oxygen atoms in total. The zero-order valence-corrected chi connectivity index (χ0v) is 12.8. The van der Waals surface area contributed by atoms with Crippen LogP contribution in [0.4, 0.5) is 5.69 Å². The van der Waals surface area contributed by atoms with Crippen LogP contribution in [0.1, 0.15) is 48.7 Å². The first-order chi connectivity index (χ1) is 9.95. The van der Waals surface area contributed by atoms with E-state index >= 15 is 0 Å². The summed E-state index contributed by atoms with van der Waals surface area (Å²) >= 11 is 0. The minimum absolute atomic E-state index is 0.0622. The molecule has 21 heavy (non-hydrogen) atoms. The van der Waals surface area contributed by atoms with E-state index in [-0.39, 0.29) is 18.1 Å². The molecule has 1 N–H and O–H groups in total. The molecule has 1 unspecified atom stereocenters. The number of hydrogen-bond acceptors (Lipinski definition) is 4. The van der Waals surface area contributed by atoms with Gasteiger partial charge in [0.25, 0.3) is 0 Å². The molecule has 0 radical (unpaired) electrons. The van der Waals surface area contributed by atoms with Crippen molar-refractivity contribution in [3.8, 4) is 0 Å².